The van der Waals surface area contributed by atoms with Crippen LogP contribution in [0.1, 0.15) is 48.0 Å². The molecule has 0 N–H and O–H groups in total. The van der Waals surface area contributed by atoms with Gasteiger partial charge in [-0.25, -0.2) is 0 Å². The third-order valence-corrected chi connectivity index (χ3v) is 4.79. The van der Waals surface area contributed by atoms with Gasteiger partial charge in [0.15, 0.2) is 0 Å². The Labute approximate surface area is 120 Å². The second kappa shape index (κ2) is 5.65. The van der Waals surface area contributed by atoms with Gasteiger partial charge in [0.1, 0.15) is 4.88 Å². The van der Waals surface area contributed by atoms with Crippen LogP contribution in [-0.4, -0.2) is 38.8 Å². The standard InChI is InChI=1S/C12H18BrN3OS/c1-7(2)10-11(18-15-14-10)12(17)16(3)6-8-4-9(13)5-8/h7-9H,4-6H2,1-3H3. The van der Waals surface area contributed by atoms with Crippen molar-refractivity contribution in [2.45, 2.75) is 37.4 Å². The Balaban J connectivity index is 1.99. The molecule has 0 unspecified atom stereocenters. The number of hydrogen-bond acceptors (Lipinski definition) is 4. The predicted octanol–water partition coefficient (Wildman–Crippen LogP) is 2.91. The van der Waals surface area contributed by atoms with Crippen LogP contribution in [0, 0.1) is 5.92 Å². The van der Waals surface area contributed by atoms with E-state index in [-0.39, 0.29) is 11.8 Å². The van der Waals surface area contributed by atoms with Gasteiger partial charge >= 0.3 is 0 Å². The third kappa shape index (κ3) is 2.91. The molecular formula is C12H18BrN3OS. The highest BCUT2D eigenvalue weighted by molar-refractivity contribution is 9.09. The molecule has 100 valence electrons. The summed E-state index contributed by atoms with van der Waals surface area (Å²) in [5, 5.41) is 4.06. The molecule has 0 atom stereocenters. The largest absolute Gasteiger partial charge is 0.341 e. The van der Waals surface area contributed by atoms with E-state index in [4.69, 9.17) is 0 Å². The molecule has 1 aromatic rings. The lowest BCUT2D eigenvalue weighted by Crippen LogP contribution is -2.37. The molecule has 1 aliphatic carbocycles. The van der Waals surface area contributed by atoms with Crippen LogP contribution in [0.25, 0.3) is 0 Å². The van der Waals surface area contributed by atoms with Crippen molar-refractivity contribution in [3.8, 4) is 0 Å². The van der Waals surface area contributed by atoms with Crippen molar-refractivity contribution in [1.82, 2.24) is 14.5 Å². The van der Waals surface area contributed by atoms with Gasteiger partial charge in [0.25, 0.3) is 5.91 Å². The number of carbonyl (C=O) groups excluding carboxylic acids is 1. The van der Waals surface area contributed by atoms with Crippen LogP contribution in [0.5, 0.6) is 0 Å². The fraction of sp³-hybridized carbons (Fsp3) is 0.750. The van der Waals surface area contributed by atoms with Gasteiger partial charge in [-0.15, -0.1) is 5.10 Å². The number of aromatic nitrogens is 2. The summed E-state index contributed by atoms with van der Waals surface area (Å²) in [5.74, 6) is 0.935. The molecular weight excluding hydrogens is 314 g/mol. The number of carbonyl (C=O) groups is 1. The van der Waals surface area contributed by atoms with Crippen molar-refractivity contribution in [2.24, 2.45) is 5.92 Å². The quantitative estimate of drug-likeness (QED) is 0.797. The molecule has 6 heteroatoms. The van der Waals surface area contributed by atoms with E-state index >= 15 is 0 Å². The van der Waals surface area contributed by atoms with E-state index in [0.717, 1.165) is 25.1 Å². The number of alkyl halides is 1. The van der Waals surface area contributed by atoms with E-state index in [1.165, 1.54) is 11.5 Å². The molecule has 0 bridgehead atoms. The first-order valence-electron chi connectivity index (χ1n) is 6.20. The van der Waals surface area contributed by atoms with Gasteiger partial charge < -0.3 is 4.90 Å². The molecule has 4 nitrogen and oxygen atoms in total. The van der Waals surface area contributed by atoms with Crippen molar-refractivity contribution < 1.29 is 4.79 Å². The Morgan fingerprint density at radius 3 is 2.78 bits per heavy atom. The lowest BCUT2D eigenvalue weighted by atomic mass is 9.85. The Morgan fingerprint density at radius 2 is 2.22 bits per heavy atom. The molecule has 1 aliphatic rings. The van der Waals surface area contributed by atoms with E-state index in [2.05, 4.69) is 25.5 Å². The summed E-state index contributed by atoms with van der Waals surface area (Å²) in [6.07, 6.45) is 2.32. The molecule has 1 amide bonds. The number of rotatable bonds is 4. The monoisotopic (exact) mass is 331 g/mol. The zero-order chi connectivity index (χ0) is 13.3. The molecule has 0 radical (unpaired) electrons. The maximum atomic E-state index is 12.3. The van der Waals surface area contributed by atoms with Gasteiger partial charge in [0.2, 0.25) is 0 Å². The number of amides is 1. The van der Waals surface area contributed by atoms with Gasteiger partial charge in [-0.3, -0.25) is 4.79 Å². The summed E-state index contributed by atoms with van der Waals surface area (Å²) in [5.41, 5.74) is 0.823. The van der Waals surface area contributed by atoms with E-state index in [1.807, 2.05) is 25.8 Å². The van der Waals surface area contributed by atoms with Crippen LogP contribution >= 0.6 is 27.5 Å². The number of nitrogens with zero attached hydrogens (tertiary/aromatic N) is 3. The minimum absolute atomic E-state index is 0.0618. The van der Waals surface area contributed by atoms with Gasteiger partial charge in [0, 0.05) is 18.4 Å². The summed E-state index contributed by atoms with van der Waals surface area (Å²) in [4.78, 5) is 15.5. The molecule has 1 fully saturated rings. The summed E-state index contributed by atoms with van der Waals surface area (Å²) >= 11 is 4.78. The lowest BCUT2D eigenvalue weighted by molar-refractivity contribution is 0.0752. The summed E-state index contributed by atoms with van der Waals surface area (Å²) in [7, 11) is 1.87. The maximum absolute atomic E-state index is 12.3. The van der Waals surface area contributed by atoms with E-state index in [0.29, 0.717) is 15.6 Å². The molecule has 0 aromatic carbocycles. The second-order valence-electron chi connectivity index (χ2n) is 5.26. The summed E-state index contributed by atoms with van der Waals surface area (Å²) in [6, 6.07) is 0. The molecule has 1 heterocycles. The highest BCUT2D eigenvalue weighted by atomic mass is 79.9. The van der Waals surface area contributed by atoms with Crippen molar-refractivity contribution in [1.29, 1.82) is 0 Å². The summed E-state index contributed by atoms with van der Waals surface area (Å²) in [6.45, 7) is 4.90. The zero-order valence-electron chi connectivity index (χ0n) is 10.9. The van der Waals surface area contributed by atoms with Crippen molar-refractivity contribution in [2.75, 3.05) is 13.6 Å². The first-order valence-corrected chi connectivity index (χ1v) is 7.89. The van der Waals surface area contributed by atoms with E-state index in [9.17, 15) is 4.79 Å². The average molecular weight is 332 g/mol. The highest BCUT2D eigenvalue weighted by Gasteiger charge is 2.30. The van der Waals surface area contributed by atoms with E-state index < -0.39 is 0 Å². The van der Waals surface area contributed by atoms with Gasteiger partial charge in [-0.1, -0.05) is 34.3 Å². The molecule has 1 aromatic heterocycles. The molecule has 1 saturated carbocycles. The molecule has 0 saturated heterocycles. The van der Waals surface area contributed by atoms with Crippen LogP contribution in [0.15, 0.2) is 0 Å². The van der Waals surface area contributed by atoms with E-state index in [1.54, 1.807) is 0 Å². The van der Waals surface area contributed by atoms with Crippen LogP contribution in [0.2, 0.25) is 0 Å². The van der Waals surface area contributed by atoms with Crippen LogP contribution in [0.3, 0.4) is 0 Å². The topological polar surface area (TPSA) is 46.1 Å². The second-order valence-corrected chi connectivity index (χ2v) is 7.31. The fourth-order valence-corrected chi connectivity index (χ4v) is 4.04. The molecule has 0 spiro atoms. The minimum atomic E-state index is 0.0618. The molecule has 2 rings (SSSR count). The smallest absolute Gasteiger partial charge is 0.267 e. The lowest BCUT2D eigenvalue weighted by Gasteiger charge is -2.34. The van der Waals surface area contributed by atoms with Crippen molar-refractivity contribution >= 4 is 33.4 Å². The molecule has 18 heavy (non-hydrogen) atoms. The molecule has 0 aliphatic heterocycles. The number of hydrogen-bond donors (Lipinski definition) is 0. The zero-order valence-corrected chi connectivity index (χ0v) is 13.3. The fourth-order valence-electron chi connectivity index (χ4n) is 2.17. The Hall–Kier alpha value is -0.490. The van der Waals surface area contributed by atoms with Gasteiger partial charge in [0.05, 0.1) is 5.69 Å². The van der Waals surface area contributed by atoms with Crippen LogP contribution in [0.4, 0.5) is 0 Å². The summed E-state index contributed by atoms with van der Waals surface area (Å²) < 4.78 is 3.91. The normalized spacial score (nSPS) is 22.9. The van der Waals surface area contributed by atoms with Gasteiger partial charge in [-0.2, -0.15) is 0 Å². The highest BCUT2D eigenvalue weighted by Crippen LogP contribution is 2.34. The first-order chi connectivity index (χ1) is 8.49. The van der Waals surface area contributed by atoms with Crippen LogP contribution < -0.4 is 0 Å². The SMILES string of the molecule is CC(C)c1nnsc1C(=O)N(C)CC1CC(Br)C1. The Morgan fingerprint density at radius 1 is 1.56 bits per heavy atom. The Bertz CT molecular complexity index is 429. The van der Waals surface area contributed by atoms with Crippen molar-refractivity contribution in [3.05, 3.63) is 10.6 Å². The van der Waals surface area contributed by atoms with Gasteiger partial charge in [-0.05, 0) is 36.2 Å². The first kappa shape index (κ1) is 13.9. The van der Waals surface area contributed by atoms with Crippen molar-refractivity contribution in [3.63, 3.8) is 0 Å². The third-order valence-electron chi connectivity index (χ3n) is 3.31. The predicted molar refractivity (Wildman–Crippen MR) is 76.4 cm³/mol. The average Bonchev–Trinajstić information content (AvgIpc) is 2.74. The number of halogens is 1. The minimum Gasteiger partial charge on any atom is -0.341 e. The van der Waals surface area contributed by atoms with Crippen LogP contribution in [-0.2, 0) is 0 Å². The Kier molecular flexibility index (Phi) is 4.37. The maximum Gasteiger partial charge on any atom is 0.267 e.